The van der Waals surface area contributed by atoms with Gasteiger partial charge in [-0.05, 0) is 29.3 Å². The molecule has 1 aliphatic heterocycles. The molecule has 0 bridgehead atoms. The Balaban J connectivity index is 1.89. The summed E-state index contributed by atoms with van der Waals surface area (Å²) >= 11 is 1.64. The van der Waals surface area contributed by atoms with Gasteiger partial charge in [0.15, 0.2) is 5.78 Å². The average Bonchev–Trinajstić information content (AvgIpc) is 2.54. The van der Waals surface area contributed by atoms with Crippen molar-refractivity contribution in [2.45, 2.75) is 10.8 Å². The van der Waals surface area contributed by atoms with E-state index in [0.29, 0.717) is 5.75 Å². The Morgan fingerprint density at radius 1 is 1.18 bits per heavy atom. The lowest BCUT2D eigenvalue weighted by molar-refractivity contribution is -0.131. The number of rotatable bonds is 3. The SMILES string of the molecule is O=C(O)/C=C/c1ccc2c(c1)SCC(c1ccccc1)C2=O. The first kappa shape index (κ1) is 14.6. The molecule has 22 heavy (non-hydrogen) atoms. The highest BCUT2D eigenvalue weighted by Crippen LogP contribution is 2.38. The Morgan fingerprint density at radius 3 is 2.68 bits per heavy atom. The zero-order valence-corrected chi connectivity index (χ0v) is 12.5. The van der Waals surface area contributed by atoms with Crippen LogP contribution in [-0.2, 0) is 4.79 Å². The van der Waals surface area contributed by atoms with E-state index in [-0.39, 0.29) is 11.7 Å². The maximum atomic E-state index is 12.7. The number of Topliss-reactive ketones (excluding diaryl/α,β-unsaturated/α-hetero) is 1. The van der Waals surface area contributed by atoms with Gasteiger partial charge in [-0.2, -0.15) is 0 Å². The molecule has 0 saturated heterocycles. The van der Waals surface area contributed by atoms with Crippen molar-refractivity contribution < 1.29 is 14.7 Å². The number of aliphatic carboxylic acids is 1. The second-order valence-electron chi connectivity index (χ2n) is 5.07. The molecule has 4 heteroatoms. The second-order valence-corrected chi connectivity index (χ2v) is 6.13. The number of carbonyl (C=O) groups excluding carboxylic acids is 1. The molecule has 3 rings (SSSR count). The molecule has 0 saturated carbocycles. The lowest BCUT2D eigenvalue weighted by Crippen LogP contribution is -2.20. The highest BCUT2D eigenvalue weighted by atomic mass is 32.2. The van der Waals surface area contributed by atoms with E-state index in [9.17, 15) is 9.59 Å². The van der Waals surface area contributed by atoms with Crippen molar-refractivity contribution in [1.29, 1.82) is 0 Å². The molecule has 1 aliphatic rings. The number of thioether (sulfide) groups is 1. The molecule has 1 unspecified atom stereocenters. The van der Waals surface area contributed by atoms with Crippen LogP contribution in [0.1, 0.15) is 27.4 Å². The molecule has 1 atom stereocenters. The van der Waals surface area contributed by atoms with Crippen LogP contribution < -0.4 is 0 Å². The standard InChI is InChI=1S/C18H14O3S/c19-17(20)9-7-12-6-8-14-16(10-12)22-11-15(18(14)21)13-4-2-1-3-5-13/h1-10,15H,11H2,(H,19,20)/b9-7+. The molecule has 0 aromatic heterocycles. The van der Waals surface area contributed by atoms with E-state index >= 15 is 0 Å². The van der Waals surface area contributed by atoms with Crippen molar-refractivity contribution in [2.24, 2.45) is 0 Å². The molecule has 0 radical (unpaired) electrons. The molecule has 0 amide bonds. The summed E-state index contributed by atoms with van der Waals surface area (Å²) < 4.78 is 0. The average molecular weight is 310 g/mol. The Labute approximate surface area is 132 Å². The summed E-state index contributed by atoms with van der Waals surface area (Å²) in [6, 6.07) is 15.3. The quantitative estimate of drug-likeness (QED) is 0.875. The fraction of sp³-hybridized carbons (Fsp3) is 0.111. The number of fused-ring (bicyclic) bond motifs is 1. The molecule has 0 fully saturated rings. The fourth-order valence-electron chi connectivity index (χ4n) is 2.50. The van der Waals surface area contributed by atoms with Gasteiger partial charge >= 0.3 is 5.97 Å². The number of hydrogen-bond acceptors (Lipinski definition) is 3. The fourth-order valence-corrected chi connectivity index (χ4v) is 3.74. The summed E-state index contributed by atoms with van der Waals surface area (Å²) in [4.78, 5) is 24.2. The van der Waals surface area contributed by atoms with Crippen LogP contribution in [0.5, 0.6) is 0 Å². The Bertz CT molecular complexity index is 750. The van der Waals surface area contributed by atoms with Crippen molar-refractivity contribution in [2.75, 3.05) is 5.75 Å². The van der Waals surface area contributed by atoms with Crippen LogP contribution in [0.3, 0.4) is 0 Å². The summed E-state index contributed by atoms with van der Waals surface area (Å²) in [7, 11) is 0. The molecule has 1 N–H and O–H groups in total. The van der Waals surface area contributed by atoms with Crippen LogP contribution in [0.2, 0.25) is 0 Å². The zero-order valence-electron chi connectivity index (χ0n) is 11.7. The monoisotopic (exact) mass is 310 g/mol. The zero-order chi connectivity index (χ0) is 15.5. The molecule has 110 valence electrons. The van der Waals surface area contributed by atoms with Crippen molar-refractivity contribution in [3.8, 4) is 0 Å². The number of ketones is 1. The minimum absolute atomic E-state index is 0.112. The van der Waals surface area contributed by atoms with E-state index in [4.69, 9.17) is 5.11 Å². The third kappa shape index (κ3) is 2.97. The van der Waals surface area contributed by atoms with Gasteiger partial charge < -0.3 is 5.11 Å². The van der Waals surface area contributed by atoms with Crippen LogP contribution in [-0.4, -0.2) is 22.6 Å². The van der Waals surface area contributed by atoms with E-state index in [1.54, 1.807) is 23.9 Å². The van der Waals surface area contributed by atoms with E-state index < -0.39 is 5.97 Å². The highest BCUT2D eigenvalue weighted by Gasteiger charge is 2.28. The van der Waals surface area contributed by atoms with Gasteiger partial charge in [-0.1, -0.05) is 36.4 Å². The van der Waals surface area contributed by atoms with Crippen LogP contribution in [0.4, 0.5) is 0 Å². The third-order valence-electron chi connectivity index (χ3n) is 3.61. The van der Waals surface area contributed by atoms with Gasteiger partial charge in [0.1, 0.15) is 0 Å². The minimum Gasteiger partial charge on any atom is -0.478 e. The predicted molar refractivity (Wildman–Crippen MR) is 87.3 cm³/mol. The summed E-state index contributed by atoms with van der Waals surface area (Å²) in [5.74, 6) is -0.250. The first-order chi connectivity index (χ1) is 10.6. The summed E-state index contributed by atoms with van der Waals surface area (Å²) in [5, 5.41) is 8.67. The van der Waals surface area contributed by atoms with E-state index in [1.807, 2.05) is 36.4 Å². The maximum Gasteiger partial charge on any atom is 0.328 e. The lowest BCUT2D eigenvalue weighted by atomic mass is 9.91. The minimum atomic E-state index is -0.981. The number of carboxylic acid groups (broad SMARTS) is 1. The first-order valence-electron chi connectivity index (χ1n) is 6.92. The molecule has 1 heterocycles. The number of carboxylic acids is 1. The number of hydrogen-bond donors (Lipinski definition) is 1. The number of carbonyl (C=O) groups is 2. The normalized spacial score (nSPS) is 17.5. The molecule has 0 spiro atoms. The van der Waals surface area contributed by atoms with Gasteiger partial charge in [0.2, 0.25) is 0 Å². The van der Waals surface area contributed by atoms with Crippen LogP contribution >= 0.6 is 11.8 Å². The van der Waals surface area contributed by atoms with Gasteiger partial charge in [-0.25, -0.2) is 4.79 Å². The Hall–Kier alpha value is -2.33. The van der Waals surface area contributed by atoms with Crippen LogP contribution in [0, 0.1) is 0 Å². The van der Waals surface area contributed by atoms with Gasteiger partial charge in [-0.3, -0.25) is 4.79 Å². The summed E-state index contributed by atoms with van der Waals surface area (Å²) in [5.41, 5.74) is 2.55. The first-order valence-corrected chi connectivity index (χ1v) is 7.91. The van der Waals surface area contributed by atoms with E-state index in [2.05, 4.69) is 0 Å². The van der Waals surface area contributed by atoms with Gasteiger partial charge in [0, 0.05) is 22.3 Å². The van der Waals surface area contributed by atoms with Crippen molar-refractivity contribution in [3.05, 3.63) is 71.3 Å². The number of benzene rings is 2. The van der Waals surface area contributed by atoms with Gasteiger partial charge in [-0.15, -0.1) is 11.8 Å². The lowest BCUT2D eigenvalue weighted by Gasteiger charge is -2.23. The molecule has 0 aliphatic carbocycles. The molecule has 2 aromatic carbocycles. The topological polar surface area (TPSA) is 54.4 Å². The summed E-state index contributed by atoms with van der Waals surface area (Å²) in [6.45, 7) is 0. The Morgan fingerprint density at radius 2 is 1.95 bits per heavy atom. The van der Waals surface area contributed by atoms with Crippen LogP contribution in [0.25, 0.3) is 6.08 Å². The smallest absolute Gasteiger partial charge is 0.328 e. The maximum absolute atomic E-state index is 12.7. The van der Waals surface area contributed by atoms with E-state index in [1.165, 1.54) is 6.08 Å². The highest BCUT2D eigenvalue weighted by molar-refractivity contribution is 7.99. The second kappa shape index (κ2) is 6.20. The van der Waals surface area contributed by atoms with Crippen molar-refractivity contribution >= 4 is 29.6 Å². The predicted octanol–water partition coefficient (Wildman–Crippen LogP) is 3.86. The summed E-state index contributed by atoms with van der Waals surface area (Å²) in [6.07, 6.45) is 2.64. The van der Waals surface area contributed by atoms with Gasteiger partial charge in [0.25, 0.3) is 0 Å². The largest absolute Gasteiger partial charge is 0.478 e. The van der Waals surface area contributed by atoms with Crippen LogP contribution in [0.15, 0.2) is 59.5 Å². The third-order valence-corrected chi connectivity index (χ3v) is 4.76. The molecular formula is C18H14O3S. The Kier molecular flexibility index (Phi) is 4.11. The van der Waals surface area contributed by atoms with Gasteiger partial charge in [0.05, 0.1) is 5.92 Å². The molecular weight excluding hydrogens is 296 g/mol. The van der Waals surface area contributed by atoms with Crippen molar-refractivity contribution in [1.82, 2.24) is 0 Å². The van der Waals surface area contributed by atoms with E-state index in [0.717, 1.165) is 27.7 Å². The molecule has 3 nitrogen and oxygen atoms in total. The molecule has 2 aromatic rings. The van der Waals surface area contributed by atoms with Crippen molar-refractivity contribution in [3.63, 3.8) is 0 Å².